The van der Waals surface area contributed by atoms with Gasteiger partial charge in [0, 0.05) is 23.3 Å². The van der Waals surface area contributed by atoms with Crippen molar-refractivity contribution >= 4 is 29.2 Å². The molecule has 2 aromatic rings. The maximum absolute atomic E-state index is 13.6. The molecule has 9 heteroatoms. The summed E-state index contributed by atoms with van der Waals surface area (Å²) in [5, 5.41) is 12.8. The van der Waals surface area contributed by atoms with Crippen LogP contribution in [0.4, 0.5) is 5.69 Å². The number of hydrogen-bond donors (Lipinski definition) is 0. The molecule has 1 aliphatic heterocycles. The highest BCUT2D eigenvalue weighted by Gasteiger charge is 2.68. The van der Waals surface area contributed by atoms with Crippen molar-refractivity contribution < 1.29 is 24.1 Å². The van der Waals surface area contributed by atoms with Gasteiger partial charge in [-0.25, -0.2) is 5.01 Å². The number of carbonyl (C=O) groups excluding carboxylic acids is 4. The van der Waals surface area contributed by atoms with Gasteiger partial charge in [-0.2, -0.15) is 5.01 Å². The summed E-state index contributed by atoms with van der Waals surface area (Å²) in [6.07, 6.45) is 5.08. The summed E-state index contributed by atoms with van der Waals surface area (Å²) in [5.41, 5.74) is 0.180. The molecule has 35 heavy (non-hydrogen) atoms. The van der Waals surface area contributed by atoms with Crippen molar-refractivity contribution in [3.8, 4) is 0 Å². The van der Waals surface area contributed by atoms with Crippen molar-refractivity contribution in [1.82, 2.24) is 10.0 Å². The first kappa shape index (κ1) is 21.4. The molecular weight excluding hydrogens is 450 g/mol. The molecule has 0 unspecified atom stereocenters. The fourth-order valence-corrected chi connectivity index (χ4v) is 6.14. The summed E-state index contributed by atoms with van der Waals surface area (Å²) in [6, 6.07) is 13.2. The molecule has 2 aromatic carbocycles. The number of rotatable bonds is 6. The zero-order valence-electron chi connectivity index (χ0n) is 18.5. The third kappa shape index (κ3) is 3.22. The van der Waals surface area contributed by atoms with E-state index in [-0.39, 0.29) is 23.1 Å². The first-order chi connectivity index (χ1) is 16.9. The lowest BCUT2D eigenvalue weighted by atomic mass is 9.63. The standard InChI is InChI=1S/C26H21N3O6/c30-21(14-4-2-1-3-5-14)13-27(24(31)15-6-8-16(9-7-15)29(34)35)28-25(32)22-17-10-11-18(20-12-19(17)20)23(22)26(28)33/h1-11,17-20,22-23H,12-13H2/t17-,18-,19-,20-,22-,23+/m0/s1. The van der Waals surface area contributed by atoms with Crippen LogP contribution >= 0.6 is 0 Å². The fraction of sp³-hybridized carbons (Fsp3) is 0.308. The maximum Gasteiger partial charge on any atom is 0.273 e. The second kappa shape index (κ2) is 7.69. The lowest BCUT2D eigenvalue weighted by Gasteiger charge is -2.37. The van der Waals surface area contributed by atoms with Crippen LogP contribution in [0.15, 0.2) is 66.7 Å². The van der Waals surface area contributed by atoms with Gasteiger partial charge in [0.15, 0.2) is 5.78 Å². The van der Waals surface area contributed by atoms with Crippen molar-refractivity contribution in [3.05, 3.63) is 88.0 Å². The summed E-state index contributed by atoms with van der Waals surface area (Å²) in [4.78, 5) is 64.3. The van der Waals surface area contributed by atoms with Crippen LogP contribution in [-0.4, -0.2) is 45.0 Å². The third-order valence-electron chi connectivity index (χ3n) is 7.83. The van der Waals surface area contributed by atoms with Gasteiger partial charge in [-0.1, -0.05) is 42.5 Å². The number of benzene rings is 2. The predicted octanol–water partition coefficient (Wildman–Crippen LogP) is 2.89. The van der Waals surface area contributed by atoms with E-state index >= 15 is 0 Å². The van der Waals surface area contributed by atoms with Crippen molar-refractivity contribution in [2.75, 3.05) is 6.54 Å². The van der Waals surface area contributed by atoms with Crippen molar-refractivity contribution in [2.24, 2.45) is 35.5 Å². The number of nitro benzene ring substituents is 1. The summed E-state index contributed by atoms with van der Waals surface area (Å²) in [5.74, 6) is -2.41. The van der Waals surface area contributed by atoms with E-state index in [9.17, 15) is 29.3 Å². The van der Waals surface area contributed by atoms with Crippen LogP contribution in [0.2, 0.25) is 0 Å². The fourth-order valence-electron chi connectivity index (χ4n) is 6.14. The number of carbonyl (C=O) groups is 4. The molecule has 0 spiro atoms. The van der Waals surface area contributed by atoms with Crippen LogP contribution in [0.5, 0.6) is 0 Å². The van der Waals surface area contributed by atoms with E-state index in [0.717, 1.165) is 16.4 Å². The molecule has 3 fully saturated rings. The molecule has 176 valence electrons. The molecule has 0 aromatic heterocycles. The van der Waals surface area contributed by atoms with Crippen LogP contribution in [0, 0.1) is 45.6 Å². The number of Topliss-reactive ketones (excluding diaryl/α,β-unsaturated/α-hetero) is 1. The Balaban J connectivity index is 1.36. The van der Waals surface area contributed by atoms with Gasteiger partial charge in [-0.05, 0) is 42.2 Å². The Hall–Kier alpha value is -4.14. The first-order valence-corrected chi connectivity index (χ1v) is 11.6. The topological polar surface area (TPSA) is 118 Å². The second-order valence-corrected chi connectivity index (χ2v) is 9.60. The number of nitro groups is 1. The van der Waals surface area contributed by atoms with Gasteiger partial charge in [0.2, 0.25) is 0 Å². The number of nitrogens with zero attached hydrogens (tertiary/aromatic N) is 3. The van der Waals surface area contributed by atoms with Crippen LogP contribution in [0.25, 0.3) is 0 Å². The normalized spacial score (nSPS) is 29.5. The van der Waals surface area contributed by atoms with E-state index in [2.05, 4.69) is 0 Å². The van der Waals surface area contributed by atoms with Gasteiger partial charge in [0.25, 0.3) is 23.4 Å². The second-order valence-electron chi connectivity index (χ2n) is 9.60. The average Bonchev–Trinajstić information content (AvgIpc) is 3.66. The van der Waals surface area contributed by atoms with Gasteiger partial charge in [0.05, 0.1) is 16.8 Å². The Morgan fingerprint density at radius 1 is 0.886 bits per heavy atom. The molecule has 2 saturated carbocycles. The average molecular weight is 471 g/mol. The first-order valence-electron chi connectivity index (χ1n) is 11.6. The number of hydrazine groups is 1. The Morgan fingerprint density at radius 3 is 2.00 bits per heavy atom. The largest absolute Gasteiger partial charge is 0.292 e. The van der Waals surface area contributed by atoms with Crippen LogP contribution in [-0.2, 0) is 9.59 Å². The summed E-state index contributed by atoms with van der Waals surface area (Å²) < 4.78 is 0. The van der Waals surface area contributed by atoms with E-state index in [1.807, 2.05) is 12.2 Å². The minimum atomic E-state index is -0.741. The van der Waals surface area contributed by atoms with Crippen LogP contribution < -0.4 is 0 Å². The monoisotopic (exact) mass is 471 g/mol. The molecule has 2 bridgehead atoms. The molecule has 1 saturated heterocycles. The van der Waals surface area contributed by atoms with E-state index in [4.69, 9.17) is 0 Å². The Labute approximate surface area is 200 Å². The molecule has 4 aliphatic carbocycles. The maximum atomic E-state index is 13.6. The Kier molecular flexibility index (Phi) is 4.70. The van der Waals surface area contributed by atoms with E-state index in [1.165, 1.54) is 24.3 Å². The highest BCUT2D eigenvalue weighted by Crippen LogP contribution is 2.65. The zero-order chi connectivity index (χ0) is 24.4. The van der Waals surface area contributed by atoms with E-state index in [0.29, 0.717) is 17.4 Å². The van der Waals surface area contributed by atoms with E-state index < -0.39 is 46.8 Å². The van der Waals surface area contributed by atoms with Gasteiger partial charge in [0.1, 0.15) is 6.54 Å². The van der Waals surface area contributed by atoms with Crippen molar-refractivity contribution in [3.63, 3.8) is 0 Å². The number of imide groups is 1. The number of non-ortho nitro benzene ring substituents is 1. The number of amides is 3. The lowest BCUT2D eigenvalue weighted by molar-refractivity contribution is -0.384. The summed E-state index contributed by atoms with van der Waals surface area (Å²) >= 11 is 0. The zero-order valence-corrected chi connectivity index (χ0v) is 18.5. The van der Waals surface area contributed by atoms with Gasteiger partial charge >= 0.3 is 0 Å². The molecule has 1 heterocycles. The Bertz CT molecular complexity index is 1270. The van der Waals surface area contributed by atoms with Crippen molar-refractivity contribution in [2.45, 2.75) is 6.42 Å². The SMILES string of the molecule is O=C(CN(C(=O)c1ccc([N+](=O)[O-])cc1)N1C(=O)[C@@H]2[C@H]3C=C[C@@H]([C@@H]4C[C@@H]34)[C@@H]2C1=O)c1ccccc1. The number of allylic oxidation sites excluding steroid dienone is 2. The quantitative estimate of drug-likeness (QED) is 0.210. The third-order valence-corrected chi connectivity index (χ3v) is 7.83. The molecule has 7 rings (SSSR count). The number of hydrogen-bond acceptors (Lipinski definition) is 6. The predicted molar refractivity (Wildman–Crippen MR) is 121 cm³/mol. The van der Waals surface area contributed by atoms with Gasteiger partial charge in [-0.3, -0.25) is 29.3 Å². The number of ketones is 1. The van der Waals surface area contributed by atoms with Gasteiger partial charge < -0.3 is 0 Å². The molecule has 3 amide bonds. The Morgan fingerprint density at radius 2 is 1.46 bits per heavy atom. The van der Waals surface area contributed by atoms with Gasteiger partial charge in [-0.15, -0.1) is 0 Å². The molecule has 5 aliphatic rings. The van der Waals surface area contributed by atoms with Crippen molar-refractivity contribution in [1.29, 1.82) is 0 Å². The smallest absolute Gasteiger partial charge is 0.273 e. The highest BCUT2D eigenvalue weighted by molar-refractivity contribution is 6.10. The summed E-state index contributed by atoms with van der Waals surface area (Å²) in [6.45, 7) is -0.508. The van der Waals surface area contributed by atoms with Crippen LogP contribution in [0.1, 0.15) is 27.1 Å². The minimum Gasteiger partial charge on any atom is -0.292 e. The highest BCUT2D eigenvalue weighted by atomic mass is 16.6. The van der Waals surface area contributed by atoms with Crippen LogP contribution in [0.3, 0.4) is 0 Å². The molecule has 0 radical (unpaired) electrons. The molecular formula is C26H21N3O6. The van der Waals surface area contributed by atoms with E-state index in [1.54, 1.807) is 30.3 Å². The molecule has 9 nitrogen and oxygen atoms in total. The minimum absolute atomic E-state index is 0.0300. The molecule has 0 N–H and O–H groups in total. The summed E-state index contributed by atoms with van der Waals surface area (Å²) in [7, 11) is 0. The lowest BCUT2D eigenvalue weighted by Crippen LogP contribution is -2.52. The molecule has 6 atom stereocenters.